The van der Waals surface area contributed by atoms with Gasteiger partial charge in [-0.25, -0.2) is 0 Å². The summed E-state index contributed by atoms with van der Waals surface area (Å²) in [5.41, 5.74) is 24.4. The van der Waals surface area contributed by atoms with Crippen molar-refractivity contribution in [1.29, 1.82) is 0 Å². The average Bonchev–Trinajstić information content (AvgIpc) is 2.82. The van der Waals surface area contributed by atoms with Crippen molar-refractivity contribution in [3.63, 3.8) is 0 Å². The molecule has 0 bridgehead atoms. The van der Waals surface area contributed by atoms with Crippen LogP contribution in [-0.4, -0.2) is 19.6 Å². The Bertz CT molecular complexity index is 764. The molecule has 3 aromatic rings. The van der Waals surface area contributed by atoms with Crippen LogP contribution in [0.2, 0.25) is 0 Å². The fraction of sp³-hybridized carbons (Fsp3) is 0.333. The molecule has 0 unspecified atom stereocenters. The van der Waals surface area contributed by atoms with E-state index in [1.54, 1.807) is 0 Å². The van der Waals surface area contributed by atoms with E-state index in [-0.39, 0.29) is 0 Å². The van der Waals surface area contributed by atoms with Crippen molar-refractivity contribution in [2.45, 2.75) is 38.5 Å². The van der Waals surface area contributed by atoms with Crippen LogP contribution >= 0.6 is 0 Å². The predicted octanol–water partition coefficient (Wildman–Crippen LogP) is 4.83. The third kappa shape index (κ3) is 6.66. The van der Waals surface area contributed by atoms with Crippen LogP contribution in [0.5, 0.6) is 0 Å². The highest BCUT2D eigenvalue weighted by Crippen LogP contribution is 2.35. The maximum Gasteiger partial charge on any atom is 0.0461 e. The number of benzene rings is 3. The largest absolute Gasteiger partial charge is 0.330 e. The maximum absolute atomic E-state index is 5.67. The van der Waals surface area contributed by atoms with Gasteiger partial charge in [0.2, 0.25) is 0 Å². The Hall–Kier alpha value is -2.66. The molecule has 3 aromatic carbocycles. The zero-order valence-electron chi connectivity index (χ0n) is 18.5. The second kappa shape index (κ2) is 12.3. The molecule has 0 fully saturated rings. The normalized spacial score (nSPS) is 10.9. The van der Waals surface area contributed by atoms with Crippen LogP contribution in [0.1, 0.15) is 36.0 Å². The van der Waals surface area contributed by atoms with E-state index >= 15 is 0 Å². The number of rotatable bonds is 12. The van der Waals surface area contributed by atoms with Gasteiger partial charge in [-0.1, -0.05) is 36.4 Å². The molecular weight excluding hydrogens is 380 g/mol. The third-order valence-electron chi connectivity index (χ3n) is 5.59. The molecule has 0 spiro atoms. The second-order valence-electron chi connectivity index (χ2n) is 8.01. The van der Waals surface area contributed by atoms with Crippen molar-refractivity contribution >= 4 is 17.1 Å². The van der Waals surface area contributed by atoms with E-state index in [1.807, 2.05) is 0 Å². The Kier molecular flexibility index (Phi) is 9.10. The second-order valence-corrected chi connectivity index (χ2v) is 8.01. The Labute approximate surface area is 187 Å². The summed E-state index contributed by atoms with van der Waals surface area (Å²) in [5.74, 6) is 0. The Morgan fingerprint density at radius 2 is 0.677 bits per heavy atom. The van der Waals surface area contributed by atoms with Gasteiger partial charge in [-0.05, 0) is 111 Å². The lowest BCUT2D eigenvalue weighted by Crippen LogP contribution is -2.10. The highest BCUT2D eigenvalue weighted by molar-refractivity contribution is 5.76. The van der Waals surface area contributed by atoms with Gasteiger partial charge in [-0.15, -0.1) is 0 Å². The molecule has 164 valence electrons. The van der Waals surface area contributed by atoms with Gasteiger partial charge in [0.05, 0.1) is 0 Å². The van der Waals surface area contributed by atoms with Gasteiger partial charge in [0.1, 0.15) is 0 Å². The maximum atomic E-state index is 5.67. The van der Waals surface area contributed by atoms with Gasteiger partial charge in [0.15, 0.2) is 0 Å². The lowest BCUT2D eigenvalue weighted by atomic mass is 10.1. The minimum absolute atomic E-state index is 0.723. The van der Waals surface area contributed by atoms with Crippen LogP contribution in [0.25, 0.3) is 0 Å². The third-order valence-corrected chi connectivity index (χ3v) is 5.59. The summed E-state index contributed by atoms with van der Waals surface area (Å²) >= 11 is 0. The van der Waals surface area contributed by atoms with E-state index in [0.717, 1.165) is 75.2 Å². The van der Waals surface area contributed by atoms with Gasteiger partial charge in [0.25, 0.3) is 0 Å². The molecule has 31 heavy (non-hydrogen) atoms. The molecule has 4 nitrogen and oxygen atoms in total. The van der Waals surface area contributed by atoms with Crippen LogP contribution in [0.3, 0.4) is 0 Å². The summed E-state index contributed by atoms with van der Waals surface area (Å²) in [6.45, 7) is 2.17. The fourth-order valence-electron chi connectivity index (χ4n) is 3.80. The lowest BCUT2D eigenvalue weighted by molar-refractivity contribution is 0.832. The van der Waals surface area contributed by atoms with Crippen molar-refractivity contribution in [3.05, 3.63) is 89.5 Å². The van der Waals surface area contributed by atoms with Crippen LogP contribution in [0.4, 0.5) is 17.1 Å². The highest BCUT2D eigenvalue weighted by atomic mass is 15.1. The van der Waals surface area contributed by atoms with Gasteiger partial charge < -0.3 is 22.1 Å². The molecule has 0 saturated carbocycles. The van der Waals surface area contributed by atoms with Gasteiger partial charge in [-0.3, -0.25) is 0 Å². The molecule has 0 atom stereocenters. The molecular formula is C27H36N4. The standard InChI is InChI=1S/C27H36N4/c28-19-1-4-22-7-13-25(14-8-22)31(26-15-9-23(10-16-26)5-2-20-29)27-17-11-24(12-18-27)6-3-21-30/h7-18H,1-6,19-21,28-30H2. The van der Waals surface area contributed by atoms with E-state index < -0.39 is 0 Å². The van der Waals surface area contributed by atoms with Crippen molar-refractivity contribution in [2.75, 3.05) is 24.5 Å². The number of aryl methyl sites for hydroxylation is 3. The first kappa shape index (κ1) is 23.0. The van der Waals surface area contributed by atoms with Gasteiger partial charge >= 0.3 is 0 Å². The number of nitrogens with zero attached hydrogens (tertiary/aromatic N) is 1. The van der Waals surface area contributed by atoms with Crippen LogP contribution in [-0.2, 0) is 19.3 Å². The molecule has 3 rings (SSSR count). The zero-order chi connectivity index (χ0) is 21.9. The SMILES string of the molecule is NCCCc1ccc(N(c2ccc(CCCN)cc2)c2ccc(CCCN)cc2)cc1. The van der Waals surface area contributed by atoms with E-state index in [4.69, 9.17) is 17.2 Å². The summed E-state index contributed by atoms with van der Waals surface area (Å²) in [6.07, 6.45) is 6.08. The molecule has 0 heterocycles. The fourth-order valence-corrected chi connectivity index (χ4v) is 3.80. The summed E-state index contributed by atoms with van der Waals surface area (Å²) in [4.78, 5) is 2.31. The van der Waals surface area contributed by atoms with Crippen LogP contribution in [0.15, 0.2) is 72.8 Å². The van der Waals surface area contributed by atoms with Crippen molar-refractivity contribution < 1.29 is 0 Å². The van der Waals surface area contributed by atoms with E-state index in [2.05, 4.69) is 77.7 Å². The van der Waals surface area contributed by atoms with E-state index in [9.17, 15) is 0 Å². The Morgan fingerprint density at radius 3 is 0.903 bits per heavy atom. The topological polar surface area (TPSA) is 81.3 Å². The van der Waals surface area contributed by atoms with E-state index in [0.29, 0.717) is 0 Å². The molecule has 0 saturated heterocycles. The predicted molar refractivity (Wildman–Crippen MR) is 133 cm³/mol. The molecule has 0 aliphatic carbocycles. The summed E-state index contributed by atoms with van der Waals surface area (Å²) in [5, 5.41) is 0. The summed E-state index contributed by atoms with van der Waals surface area (Å²) in [7, 11) is 0. The summed E-state index contributed by atoms with van der Waals surface area (Å²) in [6, 6.07) is 26.5. The quantitative estimate of drug-likeness (QED) is 0.395. The zero-order valence-corrected chi connectivity index (χ0v) is 18.5. The Morgan fingerprint density at radius 1 is 0.419 bits per heavy atom. The first-order valence-electron chi connectivity index (χ1n) is 11.4. The number of hydrogen-bond donors (Lipinski definition) is 3. The van der Waals surface area contributed by atoms with Crippen molar-refractivity contribution in [3.8, 4) is 0 Å². The number of anilines is 3. The molecule has 0 amide bonds. The smallest absolute Gasteiger partial charge is 0.0461 e. The molecule has 0 aromatic heterocycles. The molecule has 0 radical (unpaired) electrons. The number of nitrogens with two attached hydrogens (primary N) is 3. The van der Waals surface area contributed by atoms with Crippen molar-refractivity contribution in [2.24, 2.45) is 17.2 Å². The summed E-state index contributed by atoms with van der Waals surface area (Å²) < 4.78 is 0. The van der Waals surface area contributed by atoms with Crippen LogP contribution < -0.4 is 22.1 Å². The van der Waals surface area contributed by atoms with Gasteiger partial charge in [-0.2, -0.15) is 0 Å². The molecule has 0 aliphatic rings. The van der Waals surface area contributed by atoms with Crippen molar-refractivity contribution in [1.82, 2.24) is 0 Å². The van der Waals surface area contributed by atoms with Crippen LogP contribution in [0, 0.1) is 0 Å². The average molecular weight is 417 g/mol. The first-order chi connectivity index (χ1) is 15.2. The Balaban J connectivity index is 1.90. The monoisotopic (exact) mass is 416 g/mol. The first-order valence-corrected chi connectivity index (χ1v) is 11.4. The molecule has 6 N–H and O–H groups in total. The molecule has 4 heteroatoms. The molecule has 0 aliphatic heterocycles. The van der Waals surface area contributed by atoms with E-state index in [1.165, 1.54) is 16.7 Å². The minimum atomic E-state index is 0.723. The number of hydrogen-bond acceptors (Lipinski definition) is 4. The lowest BCUT2D eigenvalue weighted by Gasteiger charge is -2.26. The van der Waals surface area contributed by atoms with Gasteiger partial charge in [0, 0.05) is 17.1 Å². The highest BCUT2D eigenvalue weighted by Gasteiger charge is 2.12. The minimum Gasteiger partial charge on any atom is -0.330 e.